The lowest BCUT2D eigenvalue weighted by molar-refractivity contribution is 0.160. The van der Waals surface area contributed by atoms with Gasteiger partial charge in [-0.2, -0.15) is 4.98 Å². The van der Waals surface area contributed by atoms with Crippen LogP contribution in [-0.4, -0.2) is 53.7 Å². The molecule has 1 unspecified atom stereocenters. The minimum Gasteiger partial charge on any atom is -0.449 e. The normalized spacial score (nSPS) is 17.4. The van der Waals surface area contributed by atoms with Crippen LogP contribution in [0.5, 0.6) is 0 Å². The molecule has 0 spiro atoms. The molecule has 2 heterocycles. The molecular weight excluding hydrogens is 416 g/mol. The number of piperazine rings is 1. The predicted molar refractivity (Wildman–Crippen MR) is 130 cm³/mol. The lowest BCUT2D eigenvalue weighted by Gasteiger charge is -2.35. The van der Waals surface area contributed by atoms with Crippen LogP contribution in [0.1, 0.15) is 56.2 Å². The third-order valence-electron chi connectivity index (χ3n) is 6.28. The first-order valence-corrected chi connectivity index (χ1v) is 12.3. The summed E-state index contributed by atoms with van der Waals surface area (Å²) in [7, 11) is 0. The topological polar surface area (TPSA) is 91.4 Å². The van der Waals surface area contributed by atoms with Crippen molar-refractivity contribution in [3.8, 4) is 0 Å². The number of unbranched alkanes of at least 4 members (excludes halogenated alkanes) is 1. The standard InChI is InChI=1S/C25H36N6O2/c1-2-3-16-33-25(32)30-23-10-11-27-24(29-23)28-18-20-6-8-21(9-7-20)22(17-19-4-5-19)31-14-12-26-13-15-31/h6-11,19,22,26H,2-5,12-18H2,1H3,(H2,27,28,29,30,32). The van der Waals surface area contributed by atoms with Gasteiger partial charge in [0, 0.05) is 45.0 Å². The van der Waals surface area contributed by atoms with Crippen molar-refractivity contribution in [2.75, 3.05) is 43.4 Å². The number of aromatic nitrogens is 2. The van der Waals surface area contributed by atoms with Crippen molar-refractivity contribution in [2.45, 2.75) is 51.6 Å². The lowest BCUT2D eigenvalue weighted by atomic mass is 9.97. The van der Waals surface area contributed by atoms with E-state index in [-0.39, 0.29) is 0 Å². The fraction of sp³-hybridized carbons (Fsp3) is 0.560. The van der Waals surface area contributed by atoms with Crippen molar-refractivity contribution in [3.05, 3.63) is 47.7 Å². The molecule has 33 heavy (non-hydrogen) atoms. The maximum absolute atomic E-state index is 11.8. The number of amides is 1. The SMILES string of the molecule is CCCCOC(=O)Nc1ccnc(NCc2ccc(C(CC3CC3)N3CCNCC3)cc2)n1. The number of benzene rings is 1. The van der Waals surface area contributed by atoms with Crippen molar-refractivity contribution >= 4 is 17.9 Å². The smallest absolute Gasteiger partial charge is 0.412 e. The molecule has 1 saturated heterocycles. The van der Waals surface area contributed by atoms with E-state index in [9.17, 15) is 4.79 Å². The third-order valence-corrected chi connectivity index (χ3v) is 6.28. The van der Waals surface area contributed by atoms with Gasteiger partial charge in [0.05, 0.1) is 6.61 Å². The van der Waals surface area contributed by atoms with Gasteiger partial charge in [0.2, 0.25) is 5.95 Å². The van der Waals surface area contributed by atoms with Crippen LogP contribution in [0.15, 0.2) is 36.5 Å². The quantitative estimate of drug-likeness (QED) is 0.441. The number of ether oxygens (including phenoxy) is 1. The van der Waals surface area contributed by atoms with Crippen molar-refractivity contribution in [1.29, 1.82) is 0 Å². The third kappa shape index (κ3) is 7.40. The van der Waals surface area contributed by atoms with Crippen LogP contribution in [-0.2, 0) is 11.3 Å². The first-order chi connectivity index (χ1) is 16.2. The lowest BCUT2D eigenvalue weighted by Crippen LogP contribution is -2.45. The van der Waals surface area contributed by atoms with Gasteiger partial charge in [-0.25, -0.2) is 9.78 Å². The van der Waals surface area contributed by atoms with Gasteiger partial charge >= 0.3 is 6.09 Å². The first-order valence-electron chi connectivity index (χ1n) is 12.3. The molecule has 1 saturated carbocycles. The summed E-state index contributed by atoms with van der Waals surface area (Å²) in [5.41, 5.74) is 2.58. The van der Waals surface area contributed by atoms with Gasteiger partial charge in [-0.15, -0.1) is 0 Å². The van der Waals surface area contributed by atoms with E-state index in [1.54, 1.807) is 12.3 Å². The molecule has 1 aromatic heterocycles. The van der Waals surface area contributed by atoms with Gasteiger partial charge in [0.1, 0.15) is 5.82 Å². The largest absolute Gasteiger partial charge is 0.449 e. The zero-order valence-corrected chi connectivity index (χ0v) is 19.6. The van der Waals surface area contributed by atoms with Crippen LogP contribution in [0, 0.1) is 5.92 Å². The minimum absolute atomic E-state index is 0.407. The Hall–Kier alpha value is -2.71. The molecule has 1 aliphatic heterocycles. The number of hydrogen-bond acceptors (Lipinski definition) is 7. The Bertz CT molecular complexity index is 881. The second-order valence-corrected chi connectivity index (χ2v) is 8.96. The highest BCUT2D eigenvalue weighted by molar-refractivity contribution is 5.83. The molecule has 8 nitrogen and oxygen atoms in total. The van der Waals surface area contributed by atoms with Crippen LogP contribution in [0.4, 0.5) is 16.6 Å². The molecule has 8 heteroatoms. The Kier molecular flexibility index (Phi) is 8.49. The summed E-state index contributed by atoms with van der Waals surface area (Å²) in [5, 5.41) is 9.36. The molecular formula is C25H36N6O2. The number of carbonyl (C=O) groups is 1. The minimum atomic E-state index is -0.492. The van der Waals surface area contributed by atoms with Crippen molar-refractivity contribution in [2.24, 2.45) is 5.92 Å². The van der Waals surface area contributed by atoms with E-state index in [4.69, 9.17) is 4.74 Å². The maximum atomic E-state index is 11.8. The van der Waals surface area contributed by atoms with Crippen LogP contribution in [0.2, 0.25) is 0 Å². The Morgan fingerprint density at radius 3 is 2.73 bits per heavy atom. The second kappa shape index (κ2) is 12.0. The van der Waals surface area contributed by atoms with Crippen LogP contribution in [0.3, 0.4) is 0 Å². The summed E-state index contributed by atoms with van der Waals surface area (Å²) in [6, 6.07) is 11.1. The van der Waals surface area contributed by atoms with Crippen LogP contribution < -0.4 is 16.0 Å². The van der Waals surface area contributed by atoms with Gasteiger partial charge in [0.15, 0.2) is 0 Å². The van der Waals surface area contributed by atoms with E-state index in [2.05, 4.69) is 62.0 Å². The summed E-state index contributed by atoms with van der Waals surface area (Å²) < 4.78 is 5.12. The average Bonchev–Trinajstić information content (AvgIpc) is 3.67. The molecule has 1 atom stereocenters. The molecule has 1 amide bonds. The van der Waals surface area contributed by atoms with E-state index in [1.165, 1.54) is 30.4 Å². The summed E-state index contributed by atoms with van der Waals surface area (Å²) >= 11 is 0. The molecule has 178 valence electrons. The number of hydrogen-bond donors (Lipinski definition) is 3. The van der Waals surface area contributed by atoms with Gasteiger partial charge < -0.3 is 15.4 Å². The second-order valence-electron chi connectivity index (χ2n) is 8.96. The van der Waals surface area contributed by atoms with E-state index in [1.807, 2.05) is 0 Å². The van der Waals surface area contributed by atoms with Gasteiger partial charge in [-0.05, 0) is 36.0 Å². The highest BCUT2D eigenvalue weighted by Gasteiger charge is 2.30. The molecule has 2 aliphatic rings. The average molecular weight is 453 g/mol. The van der Waals surface area contributed by atoms with Gasteiger partial charge in [-0.3, -0.25) is 10.2 Å². The number of rotatable bonds is 11. The molecule has 1 aromatic carbocycles. The number of nitrogens with zero attached hydrogens (tertiary/aromatic N) is 3. The summed E-state index contributed by atoms with van der Waals surface area (Å²) in [4.78, 5) is 23.1. The Labute approximate surface area is 196 Å². The summed E-state index contributed by atoms with van der Waals surface area (Å²) in [6.45, 7) is 7.47. The van der Waals surface area contributed by atoms with E-state index < -0.39 is 6.09 Å². The molecule has 1 aliphatic carbocycles. The molecule has 3 N–H and O–H groups in total. The van der Waals surface area contributed by atoms with Crippen molar-refractivity contribution in [3.63, 3.8) is 0 Å². The zero-order chi connectivity index (χ0) is 22.9. The van der Waals surface area contributed by atoms with E-state index >= 15 is 0 Å². The van der Waals surface area contributed by atoms with Gasteiger partial charge in [0.25, 0.3) is 0 Å². The maximum Gasteiger partial charge on any atom is 0.412 e. The molecule has 2 fully saturated rings. The predicted octanol–water partition coefficient (Wildman–Crippen LogP) is 4.18. The van der Waals surface area contributed by atoms with Crippen molar-refractivity contribution in [1.82, 2.24) is 20.2 Å². The Morgan fingerprint density at radius 2 is 2.00 bits per heavy atom. The van der Waals surface area contributed by atoms with E-state index in [0.29, 0.717) is 31.0 Å². The van der Waals surface area contributed by atoms with Crippen LogP contribution in [0.25, 0.3) is 0 Å². The van der Waals surface area contributed by atoms with E-state index in [0.717, 1.165) is 44.9 Å². The highest BCUT2D eigenvalue weighted by atomic mass is 16.5. The number of nitrogens with one attached hydrogen (secondary N) is 3. The Balaban J connectivity index is 1.31. The highest BCUT2D eigenvalue weighted by Crippen LogP contribution is 2.40. The summed E-state index contributed by atoms with van der Waals surface area (Å²) in [5.74, 6) is 1.79. The first kappa shape index (κ1) is 23.4. The molecule has 2 aromatic rings. The fourth-order valence-corrected chi connectivity index (χ4v) is 4.16. The Morgan fingerprint density at radius 1 is 1.21 bits per heavy atom. The summed E-state index contributed by atoms with van der Waals surface area (Å²) in [6.07, 6.45) is 6.99. The fourth-order valence-electron chi connectivity index (χ4n) is 4.16. The molecule has 0 radical (unpaired) electrons. The zero-order valence-electron chi connectivity index (χ0n) is 19.6. The number of anilines is 2. The van der Waals surface area contributed by atoms with Gasteiger partial charge in [-0.1, -0.05) is 50.5 Å². The van der Waals surface area contributed by atoms with Crippen LogP contribution >= 0.6 is 0 Å². The molecule has 4 rings (SSSR count). The van der Waals surface area contributed by atoms with Crippen molar-refractivity contribution < 1.29 is 9.53 Å². The monoisotopic (exact) mass is 452 g/mol. The number of carbonyl (C=O) groups excluding carboxylic acids is 1. The molecule has 0 bridgehead atoms.